The zero-order valence-electron chi connectivity index (χ0n) is 8.20. The zero-order chi connectivity index (χ0) is 12.3. The smallest absolute Gasteiger partial charge is 0.346 e. The highest BCUT2D eigenvalue weighted by Gasteiger charge is 2.22. The van der Waals surface area contributed by atoms with Crippen molar-refractivity contribution in [2.24, 2.45) is 0 Å². The monoisotopic (exact) mass is 302 g/mol. The molecule has 0 spiro atoms. The van der Waals surface area contributed by atoms with Crippen LogP contribution in [0.4, 0.5) is 5.00 Å². The Labute approximate surface area is 104 Å². The Morgan fingerprint density at radius 2 is 2.25 bits per heavy atom. The van der Waals surface area contributed by atoms with E-state index in [2.05, 4.69) is 21.2 Å². The second-order valence-corrected chi connectivity index (χ2v) is 4.43. The van der Waals surface area contributed by atoms with Crippen LogP contribution in [0, 0.1) is 11.3 Å². The van der Waals surface area contributed by atoms with Gasteiger partial charge in [0, 0.05) is 17.8 Å². The van der Waals surface area contributed by atoms with Crippen molar-refractivity contribution in [2.75, 3.05) is 5.32 Å². The van der Waals surface area contributed by atoms with Crippen LogP contribution >= 0.6 is 27.3 Å². The van der Waals surface area contributed by atoms with Crippen LogP contribution in [-0.4, -0.2) is 17.0 Å². The summed E-state index contributed by atoms with van der Waals surface area (Å²) >= 11 is 4.02. The van der Waals surface area contributed by atoms with Crippen LogP contribution < -0.4 is 5.32 Å². The van der Waals surface area contributed by atoms with Crippen LogP contribution in [0.3, 0.4) is 0 Å². The van der Waals surface area contributed by atoms with Crippen molar-refractivity contribution in [3.05, 3.63) is 16.0 Å². The fourth-order valence-corrected chi connectivity index (χ4v) is 2.93. The number of hydrogen-bond acceptors (Lipinski definition) is 4. The first-order valence-corrected chi connectivity index (χ1v) is 6.07. The third-order valence-electron chi connectivity index (χ3n) is 1.74. The van der Waals surface area contributed by atoms with E-state index in [1.54, 1.807) is 0 Å². The predicted molar refractivity (Wildman–Crippen MR) is 62.9 cm³/mol. The summed E-state index contributed by atoms with van der Waals surface area (Å²) in [6, 6.07) is 1.90. The maximum Gasteiger partial charge on any atom is 0.346 e. The topological polar surface area (TPSA) is 90.2 Å². The molecule has 7 heteroatoms. The second-order valence-electron chi connectivity index (χ2n) is 2.85. The highest BCUT2D eigenvalue weighted by molar-refractivity contribution is 9.08. The van der Waals surface area contributed by atoms with Gasteiger partial charge in [-0.3, -0.25) is 4.79 Å². The Morgan fingerprint density at radius 3 is 2.62 bits per heavy atom. The van der Waals surface area contributed by atoms with Gasteiger partial charge in [-0.1, -0.05) is 15.9 Å². The molecule has 0 aliphatic rings. The molecule has 0 saturated heterocycles. The van der Waals surface area contributed by atoms with Gasteiger partial charge >= 0.3 is 5.97 Å². The summed E-state index contributed by atoms with van der Waals surface area (Å²) in [5, 5.41) is 20.8. The number of nitrogens with one attached hydrogen (secondary N) is 1. The molecule has 16 heavy (non-hydrogen) atoms. The molecule has 5 nitrogen and oxygen atoms in total. The first-order chi connectivity index (χ1) is 7.51. The average Bonchev–Trinajstić information content (AvgIpc) is 2.54. The zero-order valence-corrected chi connectivity index (χ0v) is 10.6. The van der Waals surface area contributed by atoms with E-state index in [9.17, 15) is 9.59 Å². The van der Waals surface area contributed by atoms with Gasteiger partial charge in [0.15, 0.2) is 0 Å². The summed E-state index contributed by atoms with van der Waals surface area (Å²) < 4.78 is 0. The maximum atomic E-state index is 10.9. The van der Waals surface area contributed by atoms with E-state index in [-0.39, 0.29) is 26.7 Å². The number of alkyl halides is 1. The van der Waals surface area contributed by atoms with Gasteiger partial charge in [0.1, 0.15) is 15.9 Å². The lowest BCUT2D eigenvalue weighted by atomic mass is 10.2. The third kappa shape index (κ3) is 2.40. The molecule has 1 rings (SSSR count). The summed E-state index contributed by atoms with van der Waals surface area (Å²) in [6.07, 6.45) is 0. The van der Waals surface area contributed by atoms with Gasteiger partial charge in [-0.25, -0.2) is 4.79 Å². The van der Waals surface area contributed by atoms with E-state index >= 15 is 0 Å². The van der Waals surface area contributed by atoms with Gasteiger partial charge in [0.05, 0.1) is 5.56 Å². The van der Waals surface area contributed by atoms with Gasteiger partial charge in [0.2, 0.25) is 5.91 Å². The van der Waals surface area contributed by atoms with Crippen molar-refractivity contribution in [1.82, 2.24) is 0 Å². The average molecular weight is 303 g/mol. The van der Waals surface area contributed by atoms with Crippen LogP contribution in [0.2, 0.25) is 0 Å². The summed E-state index contributed by atoms with van der Waals surface area (Å²) in [7, 11) is 0. The Kier molecular flexibility index (Phi) is 4.04. The number of halogens is 1. The lowest BCUT2D eigenvalue weighted by Gasteiger charge is -1.97. The number of aromatic carboxylic acids is 1. The number of nitrogens with zero attached hydrogens (tertiary/aromatic N) is 1. The van der Waals surface area contributed by atoms with E-state index in [4.69, 9.17) is 10.4 Å². The Hall–Kier alpha value is -1.39. The molecule has 0 bridgehead atoms. The molecule has 1 amide bonds. The van der Waals surface area contributed by atoms with Gasteiger partial charge in [0.25, 0.3) is 0 Å². The number of carboxylic acid groups (broad SMARTS) is 1. The Balaban J connectivity index is 3.35. The highest BCUT2D eigenvalue weighted by atomic mass is 79.9. The van der Waals surface area contributed by atoms with Crippen LogP contribution in [0.1, 0.15) is 27.7 Å². The normalized spacial score (nSPS) is 9.56. The number of nitriles is 1. The van der Waals surface area contributed by atoms with Crippen LogP contribution in [0.15, 0.2) is 0 Å². The molecule has 0 radical (unpaired) electrons. The van der Waals surface area contributed by atoms with Crippen molar-refractivity contribution in [1.29, 1.82) is 5.26 Å². The molecular weight excluding hydrogens is 296 g/mol. The predicted octanol–water partition coefficient (Wildman–Crippen LogP) is 2.17. The van der Waals surface area contributed by atoms with Crippen LogP contribution in [0.5, 0.6) is 0 Å². The van der Waals surface area contributed by atoms with E-state index < -0.39 is 5.97 Å². The summed E-state index contributed by atoms with van der Waals surface area (Å²) in [6.45, 7) is 1.30. The van der Waals surface area contributed by atoms with Crippen LogP contribution in [-0.2, 0) is 10.1 Å². The van der Waals surface area contributed by atoms with E-state index in [1.165, 1.54) is 6.92 Å². The van der Waals surface area contributed by atoms with E-state index in [0.29, 0.717) is 5.56 Å². The standard InChI is InChI=1S/C9H7BrN2O3S/c1-4(13)12-8-6(3-11)5(2-10)7(16-8)9(14)15/h2H2,1H3,(H,12,13)(H,14,15). The molecule has 0 fully saturated rings. The van der Waals surface area contributed by atoms with Crippen molar-refractivity contribution < 1.29 is 14.7 Å². The molecule has 0 saturated carbocycles. The SMILES string of the molecule is CC(=O)Nc1sc(C(=O)O)c(CBr)c1C#N. The molecule has 84 valence electrons. The first kappa shape index (κ1) is 12.7. The van der Waals surface area contributed by atoms with E-state index in [1.807, 2.05) is 6.07 Å². The van der Waals surface area contributed by atoms with Crippen LogP contribution in [0.25, 0.3) is 0 Å². The number of amides is 1. The largest absolute Gasteiger partial charge is 0.477 e. The van der Waals surface area contributed by atoms with Crippen molar-refractivity contribution in [2.45, 2.75) is 12.3 Å². The van der Waals surface area contributed by atoms with Crippen molar-refractivity contribution >= 4 is 44.1 Å². The Bertz CT molecular complexity index is 490. The van der Waals surface area contributed by atoms with Gasteiger partial charge < -0.3 is 10.4 Å². The fraction of sp³-hybridized carbons (Fsp3) is 0.222. The molecule has 1 aromatic rings. The number of carbonyl (C=O) groups excluding carboxylic acids is 1. The molecular formula is C9H7BrN2O3S. The minimum atomic E-state index is -1.10. The number of carbonyl (C=O) groups is 2. The number of thiophene rings is 1. The number of anilines is 1. The minimum absolute atomic E-state index is 0.0668. The quantitative estimate of drug-likeness (QED) is 0.837. The molecule has 0 aliphatic carbocycles. The minimum Gasteiger partial charge on any atom is -0.477 e. The first-order valence-electron chi connectivity index (χ1n) is 4.13. The fourth-order valence-electron chi connectivity index (χ4n) is 1.13. The highest BCUT2D eigenvalue weighted by Crippen LogP contribution is 2.34. The molecule has 1 aromatic heterocycles. The molecule has 2 N–H and O–H groups in total. The molecule has 0 aromatic carbocycles. The van der Waals surface area contributed by atoms with Crippen molar-refractivity contribution in [3.63, 3.8) is 0 Å². The third-order valence-corrected chi connectivity index (χ3v) is 3.43. The lowest BCUT2D eigenvalue weighted by molar-refractivity contribution is -0.114. The van der Waals surface area contributed by atoms with Crippen molar-refractivity contribution in [3.8, 4) is 6.07 Å². The molecule has 0 atom stereocenters. The second kappa shape index (κ2) is 5.09. The lowest BCUT2D eigenvalue weighted by Crippen LogP contribution is -2.05. The summed E-state index contributed by atoms with van der Waals surface area (Å²) in [5.74, 6) is -1.44. The van der Waals surface area contributed by atoms with Gasteiger partial charge in [-0.15, -0.1) is 11.3 Å². The number of rotatable bonds is 3. The van der Waals surface area contributed by atoms with Gasteiger partial charge in [-0.2, -0.15) is 5.26 Å². The molecule has 0 unspecified atom stereocenters. The summed E-state index contributed by atoms with van der Waals surface area (Å²) in [5.41, 5.74) is 0.596. The van der Waals surface area contributed by atoms with E-state index in [0.717, 1.165) is 11.3 Å². The molecule has 1 heterocycles. The van der Waals surface area contributed by atoms with Gasteiger partial charge in [-0.05, 0) is 0 Å². The molecule has 0 aliphatic heterocycles. The maximum absolute atomic E-state index is 10.9. The number of hydrogen-bond donors (Lipinski definition) is 2. The number of carboxylic acids is 1. The summed E-state index contributed by atoms with van der Waals surface area (Å²) in [4.78, 5) is 21.9. The Morgan fingerprint density at radius 1 is 1.62 bits per heavy atom.